The molecule has 0 heterocycles. The molecule has 1 aromatic rings. The highest BCUT2D eigenvalue weighted by molar-refractivity contribution is 5.92. The van der Waals surface area contributed by atoms with E-state index in [4.69, 9.17) is 10.5 Å². The number of phenolic OH excluding ortho intramolecular Hbond substituents is 1. The molecule has 0 radical (unpaired) electrons. The lowest BCUT2D eigenvalue weighted by Crippen LogP contribution is -2.54. The Morgan fingerprint density at radius 2 is 1.76 bits per heavy atom. The van der Waals surface area contributed by atoms with E-state index in [9.17, 15) is 24.3 Å². The van der Waals surface area contributed by atoms with Crippen molar-refractivity contribution in [2.75, 3.05) is 6.54 Å². The van der Waals surface area contributed by atoms with E-state index in [1.54, 1.807) is 32.9 Å². The van der Waals surface area contributed by atoms with Crippen molar-refractivity contribution in [1.82, 2.24) is 15.5 Å². The summed E-state index contributed by atoms with van der Waals surface area (Å²) in [6, 6.07) is 4.16. The van der Waals surface area contributed by atoms with Crippen molar-refractivity contribution < 1.29 is 29.0 Å². The van der Waals surface area contributed by atoms with E-state index in [2.05, 4.69) is 17.6 Å². The van der Waals surface area contributed by atoms with Crippen LogP contribution in [0.15, 0.2) is 24.3 Å². The van der Waals surface area contributed by atoms with Crippen LogP contribution in [0.2, 0.25) is 0 Å². The number of rotatable bonds is 15. The number of alkyl carbamates (subject to hydrolysis) is 1. The van der Waals surface area contributed by atoms with Gasteiger partial charge in [0.15, 0.2) is 0 Å². The summed E-state index contributed by atoms with van der Waals surface area (Å²) in [7, 11) is 0. The highest BCUT2D eigenvalue weighted by Gasteiger charge is 2.37. The van der Waals surface area contributed by atoms with Gasteiger partial charge in [-0.2, -0.15) is 0 Å². The number of ether oxygens (including phenoxy) is 1. The van der Waals surface area contributed by atoms with Crippen LogP contribution in [0, 0.1) is 0 Å². The van der Waals surface area contributed by atoms with Crippen molar-refractivity contribution in [3.05, 3.63) is 29.8 Å². The summed E-state index contributed by atoms with van der Waals surface area (Å²) in [6.07, 6.45) is 8.55. The molecule has 1 fully saturated rings. The van der Waals surface area contributed by atoms with Crippen molar-refractivity contribution in [3.8, 4) is 5.75 Å². The third-order valence-corrected chi connectivity index (χ3v) is 7.15. The Hall–Kier alpha value is -3.30. The average molecular weight is 575 g/mol. The molecule has 0 spiro atoms. The van der Waals surface area contributed by atoms with Gasteiger partial charge in [0.2, 0.25) is 17.7 Å². The molecule has 4 amide bonds. The molecule has 5 N–H and O–H groups in total. The number of carbonyl (C=O) groups is 4. The summed E-state index contributed by atoms with van der Waals surface area (Å²) >= 11 is 0. The summed E-state index contributed by atoms with van der Waals surface area (Å²) in [5.74, 6) is -1.49. The monoisotopic (exact) mass is 574 g/mol. The highest BCUT2D eigenvalue weighted by Crippen LogP contribution is 2.28. The first kappa shape index (κ1) is 33.9. The average Bonchev–Trinajstić information content (AvgIpc) is 2.89. The summed E-state index contributed by atoms with van der Waals surface area (Å²) in [6.45, 7) is 7.51. The second-order valence-corrected chi connectivity index (χ2v) is 12.0. The zero-order chi connectivity index (χ0) is 30.4. The number of aromatic hydroxyl groups is 1. The van der Waals surface area contributed by atoms with Crippen molar-refractivity contribution in [2.45, 2.75) is 128 Å². The molecule has 1 aromatic carbocycles. The molecule has 1 saturated carbocycles. The molecule has 10 heteroatoms. The van der Waals surface area contributed by atoms with Gasteiger partial charge in [-0.1, -0.05) is 64.0 Å². The number of hydrogen-bond donors (Lipinski definition) is 4. The van der Waals surface area contributed by atoms with Gasteiger partial charge in [-0.25, -0.2) is 4.79 Å². The smallest absolute Gasteiger partial charge is 0.408 e. The summed E-state index contributed by atoms with van der Waals surface area (Å²) in [5.41, 5.74) is 5.06. The fourth-order valence-electron chi connectivity index (χ4n) is 5.14. The number of hydrogen-bond acceptors (Lipinski definition) is 6. The fourth-order valence-corrected chi connectivity index (χ4v) is 5.14. The summed E-state index contributed by atoms with van der Waals surface area (Å²) < 4.78 is 5.39. The molecule has 10 nitrogen and oxygen atoms in total. The first-order valence-corrected chi connectivity index (χ1v) is 15.1. The van der Waals surface area contributed by atoms with Crippen molar-refractivity contribution in [2.24, 2.45) is 5.73 Å². The molecular weight excluding hydrogens is 524 g/mol. The third kappa shape index (κ3) is 12.4. The Bertz CT molecular complexity index is 1000. The number of nitrogens with one attached hydrogen (secondary N) is 2. The van der Waals surface area contributed by atoms with E-state index in [0.29, 0.717) is 12.0 Å². The second kappa shape index (κ2) is 16.8. The van der Waals surface area contributed by atoms with Crippen molar-refractivity contribution in [1.29, 1.82) is 0 Å². The van der Waals surface area contributed by atoms with Crippen molar-refractivity contribution in [3.63, 3.8) is 0 Å². The van der Waals surface area contributed by atoms with E-state index in [1.165, 1.54) is 17.0 Å². The number of primary amides is 1. The Balaban J connectivity index is 2.46. The van der Waals surface area contributed by atoms with Gasteiger partial charge in [-0.05, 0) is 64.2 Å². The Morgan fingerprint density at radius 1 is 1.07 bits per heavy atom. The number of nitrogens with zero attached hydrogens (tertiary/aromatic N) is 1. The van der Waals surface area contributed by atoms with E-state index in [1.807, 2.05) is 0 Å². The fraction of sp³-hybridized carbons (Fsp3) is 0.677. The molecular formula is C31H50N4O6. The molecule has 230 valence electrons. The second-order valence-electron chi connectivity index (χ2n) is 12.0. The first-order valence-electron chi connectivity index (χ1n) is 15.1. The molecule has 2 atom stereocenters. The molecule has 1 aliphatic carbocycles. The predicted octanol–water partition coefficient (Wildman–Crippen LogP) is 4.84. The maximum absolute atomic E-state index is 14.2. The number of benzene rings is 1. The maximum atomic E-state index is 14.2. The molecule has 2 unspecified atom stereocenters. The van der Waals surface area contributed by atoms with E-state index in [0.717, 1.165) is 57.8 Å². The van der Waals surface area contributed by atoms with Crippen LogP contribution < -0.4 is 16.4 Å². The number of carbonyl (C=O) groups excluding carboxylic acids is 4. The van der Waals surface area contributed by atoms with Crippen LogP contribution >= 0.6 is 0 Å². The molecule has 2 rings (SSSR count). The Labute approximate surface area is 244 Å². The number of nitrogens with two attached hydrogens (primary N) is 1. The number of unbranched alkanes of at least 4 members (excludes halogenated alkanes) is 4. The van der Waals surface area contributed by atoms with Crippen LogP contribution in [0.4, 0.5) is 4.79 Å². The topological polar surface area (TPSA) is 151 Å². The lowest BCUT2D eigenvalue weighted by molar-refractivity contribution is -0.143. The van der Waals surface area contributed by atoms with Crippen LogP contribution in [0.3, 0.4) is 0 Å². The highest BCUT2D eigenvalue weighted by atomic mass is 16.6. The number of amides is 4. The maximum Gasteiger partial charge on any atom is 0.408 e. The minimum Gasteiger partial charge on any atom is -0.508 e. The molecule has 1 aliphatic rings. The van der Waals surface area contributed by atoms with Gasteiger partial charge < -0.3 is 31.1 Å². The summed E-state index contributed by atoms with van der Waals surface area (Å²) in [5, 5.41) is 16.0. The van der Waals surface area contributed by atoms with Gasteiger partial charge in [0, 0.05) is 19.0 Å². The molecule has 0 bridgehead atoms. The number of phenols is 1. The normalized spacial score (nSPS) is 15.4. The molecule has 0 saturated heterocycles. The van der Waals surface area contributed by atoms with Gasteiger partial charge in [-0.15, -0.1) is 0 Å². The lowest BCUT2D eigenvalue weighted by Gasteiger charge is -2.36. The van der Waals surface area contributed by atoms with E-state index in [-0.39, 0.29) is 37.1 Å². The summed E-state index contributed by atoms with van der Waals surface area (Å²) in [4.78, 5) is 54.0. The molecule has 41 heavy (non-hydrogen) atoms. The van der Waals surface area contributed by atoms with Gasteiger partial charge in [0.05, 0.1) is 0 Å². The molecule has 0 aliphatic heterocycles. The van der Waals surface area contributed by atoms with Gasteiger partial charge >= 0.3 is 6.09 Å². The lowest BCUT2D eigenvalue weighted by atomic mass is 9.94. The zero-order valence-electron chi connectivity index (χ0n) is 25.2. The van der Waals surface area contributed by atoms with E-state index >= 15 is 0 Å². The molecule has 0 aromatic heterocycles. The van der Waals surface area contributed by atoms with Crippen LogP contribution in [0.1, 0.15) is 116 Å². The van der Waals surface area contributed by atoms with Gasteiger partial charge in [-0.3, -0.25) is 14.4 Å². The van der Waals surface area contributed by atoms with Gasteiger partial charge in [0.1, 0.15) is 23.4 Å². The van der Waals surface area contributed by atoms with Crippen LogP contribution in [-0.4, -0.2) is 58.1 Å². The van der Waals surface area contributed by atoms with Gasteiger partial charge in [0.25, 0.3) is 0 Å². The SMILES string of the molecule is CCCCCCCN(C(=O)C(CCC(N)=O)NC(=O)OC(C)(C)C)C(C(=O)NC1CCCCC1)c1cccc(O)c1. The van der Waals surface area contributed by atoms with E-state index < -0.39 is 35.6 Å². The van der Waals surface area contributed by atoms with Crippen molar-refractivity contribution >= 4 is 23.8 Å². The largest absolute Gasteiger partial charge is 0.508 e. The third-order valence-electron chi connectivity index (χ3n) is 7.15. The minimum atomic E-state index is -1.14. The minimum absolute atomic E-state index is 0.00288. The quantitative estimate of drug-likeness (QED) is 0.220. The zero-order valence-corrected chi connectivity index (χ0v) is 25.2. The van der Waals surface area contributed by atoms with Crippen LogP contribution in [0.25, 0.3) is 0 Å². The van der Waals surface area contributed by atoms with Crippen LogP contribution in [-0.2, 0) is 19.1 Å². The van der Waals surface area contributed by atoms with Crippen LogP contribution in [0.5, 0.6) is 5.75 Å². The first-order chi connectivity index (χ1) is 19.4. The Kier molecular flexibility index (Phi) is 13.9. The predicted molar refractivity (Wildman–Crippen MR) is 158 cm³/mol. The Morgan fingerprint density at radius 3 is 2.37 bits per heavy atom. The standard InChI is InChI=1S/C31H50N4O6/c1-5-6-7-8-12-20-35(29(39)25(18-19-26(32)37)34-30(40)41-31(2,3)4)27(22-14-13-17-24(36)21-22)28(38)33-23-15-10-9-11-16-23/h13-14,17,21,23,25,27,36H,5-12,15-16,18-20H2,1-4H3,(H2,32,37)(H,33,38)(H,34,40).